The summed E-state index contributed by atoms with van der Waals surface area (Å²) < 4.78 is 0. The van der Waals surface area contributed by atoms with Crippen molar-refractivity contribution in [3.05, 3.63) is 28.8 Å². The maximum Gasteiger partial charge on any atom is 0.0426 e. The molecule has 1 aromatic carbocycles. The Bertz CT molecular complexity index is 316. The molecule has 0 spiro atoms. The molecular formula is C12H16ClN. The Morgan fingerprint density at radius 1 is 1.14 bits per heavy atom. The Morgan fingerprint density at radius 2 is 1.86 bits per heavy atom. The highest BCUT2D eigenvalue weighted by molar-refractivity contribution is 6.30. The molecule has 14 heavy (non-hydrogen) atoms. The number of rotatable bonds is 1. The normalized spacial score (nSPS) is 18.4. The number of hydrogen-bond donors (Lipinski definition) is 1. The average molecular weight is 210 g/mol. The molecular weight excluding hydrogens is 194 g/mol. The van der Waals surface area contributed by atoms with Gasteiger partial charge >= 0.3 is 0 Å². The first-order valence-electron chi connectivity index (χ1n) is 5.32. The van der Waals surface area contributed by atoms with Crippen LogP contribution in [0.5, 0.6) is 0 Å². The zero-order valence-corrected chi connectivity index (χ0v) is 9.06. The van der Waals surface area contributed by atoms with Crippen LogP contribution in [0.2, 0.25) is 5.02 Å². The highest BCUT2D eigenvalue weighted by Crippen LogP contribution is 2.36. The fourth-order valence-electron chi connectivity index (χ4n) is 2.33. The van der Waals surface area contributed by atoms with Crippen LogP contribution in [0, 0.1) is 0 Å². The van der Waals surface area contributed by atoms with Gasteiger partial charge in [-0.3, -0.25) is 0 Å². The van der Waals surface area contributed by atoms with E-state index in [0.717, 1.165) is 10.7 Å². The van der Waals surface area contributed by atoms with E-state index < -0.39 is 0 Å². The molecule has 2 rings (SSSR count). The van der Waals surface area contributed by atoms with E-state index in [1.165, 1.54) is 37.7 Å². The predicted octanol–water partition coefficient (Wildman–Crippen LogP) is 3.97. The largest absolute Gasteiger partial charge is 0.398 e. The van der Waals surface area contributed by atoms with Gasteiger partial charge in [0, 0.05) is 10.7 Å². The van der Waals surface area contributed by atoms with E-state index in [4.69, 9.17) is 17.3 Å². The molecule has 1 aliphatic carbocycles. The van der Waals surface area contributed by atoms with Gasteiger partial charge in [-0.05, 0) is 36.5 Å². The first kappa shape index (κ1) is 9.85. The van der Waals surface area contributed by atoms with E-state index in [1.807, 2.05) is 12.1 Å². The third-order valence-corrected chi connectivity index (χ3v) is 3.33. The zero-order valence-electron chi connectivity index (χ0n) is 8.30. The van der Waals surface area contributed by atoms with E-state index in [-0.39, 0.29) is 0 Å². The van der Waals surface area contributed by atoms with Crippen molar-refractivity contribution in [3.63, 3.8) is 0 Å². The lowest BCUT2D eigenvalue weighted by molar-refractivity contribution is 0.444. The molecule has 2 N–H and O–H groups in total. The lowest BCUT2D eigenvalue weighted by atomic mass is 9.83. The van der Waals surface area contributed by atoms with Crippen molar-refractivity contribution in [1.82, 2.24) is 0 Å². The van der Waals surface area contributed by atoms with Crippen LogP contribution in [-0.4, -0.2) is 0 Å². The molecule has 2 heteroatoms. The van der Waals surface area contributed by atoms with Gasteiger partial charge in [-0.15, -0.1) is 0 Å². The molecule has 0 radical (unpaired) electrons. The molecule has 0 aromatic heterocycles. The first-order valence-corrected chi connectivity index (χ1v) is 5.70. The second kappa shape index (κ2) is 4.22. The molecule has 1 nitrogen and oxygen atoms in total. The summed E-state index contributed by atoms with van der Waals surface area (Å²) in [4.78, 5) is 0. The minimum atomic E-state index is 0.668. The molecule has 0 unspecified atom stereocenters. The Kier molecular flexibility index (Phi) is 2.97. The summed E-state index contributed by atoms with van der Waals surface area (Å²) in [6.07, 6.45) is 6.63. The summed E-state index contributed by atoms with van der Waals surface area (Å²) >= 11 is 5.88. The van der Waals surface area contributed by atoms with Crippen molar-refractivity contribution in [2.75, 3.05) is 5.73 Å². The highest BCUT2D eigenvalue weighted by Gasteiger charge is 2.17. The van der Waals surface area contributed by atoms with E-state index in [0.29, 0.717) is 5.92 Å². The Hall–Kier alpha value is -0.690. The van der Waals surface area contributed by atoms with Crippen molar-refractivity contribution in [3.8, 4) is 0 Å². The topological polar surface area (TPSA) is 26.0 Å². The number of anilines is 1. The van der Waals surface area contributed by atoms with Crippen LogP contribution < -0.4 is 5.73 Å². The molecule has 0 bridgehead atoms. The van der Waals surface area contributed by atoms with Crippen LogP contribution in [0.1, 0.15) is 43.6 Å². The minimum absolute atomic E-state index is 0.668. The van der Waals surface area contributed by atoms with Crippen molar-refractivity contribution >= 4 is 17.3 Å². The third kappa shape index (κ3) is 2.03. The highest BCUT2D eigenvalue weighted by atomic mass is 35.5. The average Bonchev–Trinajstić information content (AvgIpc) is 2.19. The molecule has 1 fully saturated rings. The molecule has 0 aliphatic heterocycles. The van der Waals surface area contributed by atoms with Crippen LogP contribution in [0.25, 0.3) is 0 Å². The first-order chi connectivity index (χ1) is 6.77. The quantitative estimate of drug-likeness (QED) is 0.696. The molecule has 0 saturated heterocycles. The fraction of sp³-hybridized carbons (Fsp3) is 0.500. The van der Waals surface area contributed by atoms with Crippen LogP contribution in [-0.2, 0) is 0 Å². The second-order valence-electron chi connectivity index (χ2n) is 4.11. The van der Waals surface area contributed by atoms with E-state index in [2.05, 4.69) is 6.07 Å². The van der Waals surface area contributed by atoms with Crippen LogP contribution >= 0.6 is 11.6 Å². The van der Waals surface area contributed by atoms with Gasteiger partial charge in [0.2, 0.25) is 0 Å². The summed E-state index contributed by atoms with van der Waals surface area (Å²) in [6.45, 7) is 0. The van der Waals surface area contributed by atoms with E-state index in [9.17, 15) is 0 Å². The van der Waals surface area contributed by atoms with Gasteiger partial charge in [-0.2, -0.15) is 0 Å². The SMILES string of the molecule is Nc1cc(Cl)ccc1C1CCCCC1. The summed E-state index contributed by atoms with van der Waals surface area (Å²) in [5.41, 5.74) is 8.13. The standard InChI is InChI=1S/C12H16ClN/c13-10-6-7-11(12(14)8-10)9-4-2-1-3-5-9/h6-9H,1-5,14H2. The number of halogens is 1. The Labute approximate surface area is 90.3 Å². The number of nitrogen functional groups attached to an aromatic ring is 1. The van der Waals surface area contributed by atoms with Gasteiger partial charge in [0.15, 0.2) is 0 Å². The zero-order chi connectivity index (χ0) is 9.97. The van der Waals surface area contributed by atoms with Crippen molar-refractivity contribution < 1.29 is 0 Å². The molecule has 1 aliphatic rings. The summed E-state index contributed by atoms with van der Waals surface area (Å²) in [7, 11) is 0. The van der Waals surface area contributed by atoms with Gasteiger partial charge in [-0.1, -0.05) is 36.9 Å². The minimum Gasteiger partial charge on any atom is -0.398 e. The lowest BCUT2D eigenvalue weighted by Gasteiger charge is -2.23. The second-order valence-corrected chi connectivity index (χ2v) is 4.54. The molecule has 76 valence electrons. The van der Waals surface area contributed by atoms with E-state index >= 15 is 0 Å². The lowest BCUT2D eigenvalue weighted by Crippen LogP contribution is -2.07. The maximum absolute atomic E-state index is 5.97. The van der Waals surface area contributed by atoms with Crippen LogP contribution in [0.4, 0.5) is 5.69 Å². The van der Waals surface area contributed by atoms with E-state index in [1.54, 1.807) is 0 Å². The molecule has 1 aromatic rings. The summed E-state index contributed by atoms with van der Waals surface area (Å²) in [6, 6.07) is 5.90. The van der Waals surface area contributed by atoms with Gasteiger partial charge in [-0.25, -0.2) is 0 Å². The Morgan fingerprint density at radius 3 is 2.50 bits per heavy atom. The molecule has 0 atom stereocenters. The fourth-order valence-corrected chi connectivity index (χ4v) is 2.51. The van der Waals surface area contributed by atoms with Crippen LogP contribution in [0.3, 0.4) is 0 Å². The molecule has 0 heterocycles. The van der Waals surface area contributed by atoms with Crippen LogP contribution in [0.15, 0.2) is 18.2 Å². The number of nitrogens with two attached hydrogens (primary N) is 1. The third-order valence-electron chi connectivity index (χ3n) is 3.09. The van der Waals surface area contributed by atoms with Gasteiger partial charge in [0.25, 0.3) is 0 Å². The Balaban J connectivity index is 2.22. The van der Waals surface area contributed by atoms with Gasteiger partial charge < -0.3 is 5.73 Å². The molecule has 0 amide bonds. The monoisotopic (exact) mass is 209 g/mol. The van der Waals surface area contributed by atoms with Crippen molar-refractivity contribution in [2.45, 2.75) is 38.0 Å². The van der Waals surface area contributed by atoms with Gasteiger partial charge in [0.05, 0.1) is 0 Å². The van der Waals surface area contributed by atoms with Crippen molar-refractivity contribution in [2.24, 2.45) is 0 Å². The predicted molar refractivity (Wildman–Crippen MR) is 61.7 cm³/mol. The molecule has 1 saturated carbocycles. The van der Waals surface area contributed by atoms with Crippen molar-refractivity contribution in [1.29, 1.82) is 0 Å². The maximum atomic E-state index is 5.97. The summed E-state index contributed by atoms with van der Waals surface area (Å²) in [5, 5.41) is 0.738. The number of benzene rings is 1. The smallest absolute Gasteiger partial charge is 0.0426 e. The summed E-state index contributed by atoms with van der Waals surface area (Å²) in [5.74, 6) is 0.668. The number of hydrogen-bond acceptors (Lipinski definition) is 1. The van der Waals surface area contributed by atoms with Gasteiger partial charge in [0.1, 0.15) is 0 Å².